The van der Waals surface area contributed by atoms with Crippen LogP contribution in [0.4, 0.5) is 0 Å². The standard InChI is InChI=1S/C3H6N2O6/c1-3(2,10-4(6)7)11-5(8)9/h1-2H3. The highest BCUT2D eigenvalue weighted by Gasteiger charge is 2.26. The third-order valence-electron chi connectivity index (χ3n) is 0.589. The van der Waals surface area contributed by atoms with Crippen molar-refractivity contribution in [1.82, 2.24) is 0 Å². The van der Waals surface area contributed by atoms with Crippen LogP contribution in [0, 0.1) is 20.2 Å². The van der Waals surface area contributed by atoms with Crippen molar-refractivity contribution in [2.75, 3.05) is 0 Å². The molecule has 0 aromatic rings. The number of hydrogen-bond acceptors (Lipinski definition) is 6. The summed E-state index contributed by atoms with van der Waals surface area (Å²) in [4.78, 5) is 27.0. The lowest BCUT2D eigenvalue weighted by Crippen LogP contribution is -2.33. The summed E-state index contributed by atoms with van der Waals surface area (Å²) in [6.45, 7) is 2.11. The van der Waals surface area contributed by atoms with Crippen LogP contribution < -0.4 is 0 Å². The summed E-state index contributed by atoms with van der Waals surface area (Å²) in [7, 11) is 0. The Bertz CT molecular complexity index is 159. The molecule has 0 aliphatic carbocycles. The molecule has 0 aliphatic rings. The lowest BCUT2D eigenvalue weighted by Gasteiger charge is -2.17. The van der Waals surface area contributed by atoms with Crippen molar-refractivity contribution in [3.05, 3.63) is 20.2 Å². The Hall–Kier alpha value is -1.60. The lowest BCUT2D eigenvalue weighted by atomic mass is 10.4. The van der Waals surface area contributed by atoms with Crippen LogP contribution in [-0.2, 0) is 9.68 Å². The summed E-state index contributed by atoms with van der Waals surface area (Å²) in [6, 6.07) is 0. The molecule has 0 aliphatic heterocycles. The molecule has 0 saturated carbocycles. The fraction of sp³-hybridized carbons (Fsp3) is 1.00. The van der Waals surface area contributed by atoms with Gasteiger partial charge in [0.2, 0.25) is 0 Å². The molecule has 64 valence electrons. The molecular weight excluding hydrogens is 160 g/mol. The second-order valence-electron chi connectivity index (χ2n) is 2.03. The Balaban J connectivity index is 3.99. The van der Waals surface area contributed by atoms with Gasteiger partial charge in [0, 0.05) is 0 Å². The van der Waals surface area contributed by atoms with Gasteiger partial charge in [0.25, 0.3) is 16.0 Å². The Labute approximate surface area is 60.9 Å². The van der Waals surface area contributed by atoms with Gasteiger partial charge >= 0.3 is 0 Å². The molecular formula is C3H6N2O6. The summed E-state index contributed by atoms with van der Waals surface area (Å²) in [5, 5.41) is 17.0. The van der Waals surface area contributed by atoms with Gasteiger partial charge in [-0.3, -0.25) is 9.68 Å². The van der Waals surface area contributed by atoms with E-state index in [-0.39, 0.29) is 0 Å². The van der Waals surface area contributed by atoms with Crippen LogP contribution in [0.15, 0.2) is 0 Å². The molecule has 0 aromatic carbocycles. The van der Waals surface area contributed by atoms with E-state index in [1.807, 2.05) is 0 Å². The first kappa shape index (κ1) is 9.40. The summed E-state index contributed by atoms with van der Waals surface area (Å²) in [5.74, 6) is -1.85. The molecule has 0 N–H and O–H groups in total. The van der Waals surface area contributed by atoms with Crippen molar-refractivity contribution < 1.29 is 19.8 Å². The Morgan fingerprint density at radius 1 is 1.09 bits per heavy atom. The van der Waals surface area contributed by atoms with Gasteiger partial charge in [-0.05, 0) is 13.8 Å². The Morgan fingerprint density at radius 3 is 1.55 bits per heavy atom. The first-order valence-corrected chi connectivity index (χ1v) is 2.50. The van der Waals surface area contributed by atoms with E-state index in [4.69, 9.17) is 0 Å². The van der Waals surface area contributed by atoms with Crippen LogP contribution in [0.2, 0.25) is 0 Å². The van der Waals surface area contributed by atoms with Gasteiger partial charge in [0.05, 0.1) is 0 Å². The molecule has 11 heavy (non-hydrogen) atoms. The maximum atomic E-state index is 9.68. The molecule has 0 spiro atoms. The smallest absolute Gasteiger partial charge is 0.280 e. The van der Waals surface area contributed by atoms with Crippen LogP contribution in [0.5, 0.6) is 0 Å². The molecule has 0 rings (SSSR count). The fourth-order valence-electron chi connectivity index (χ4n) is 0.376. The fourth-order valence-corrected chi connectivity index (χ4v) is 0.376. The molecule has 0 fully saturated rings. The van der Waals surface area contributed by atoms with E-state index in [1.54, 1.807) is 0 Å². The van der Waals surface area contributed by atoms with Crippen LogP contribution in [0.1, 0.15) is 13.8 Å². The van der Waals surface area contributed by atoms with Crippen molar-refractivity contribution in [3.63, 3.8) is 0 Å². The molecule has 0 heterocycles. The molecule has 0 atom stereocenters. The largest absolute Gasteiger partial charge is 0.296 e. The quantitative estimate of drug-likeness (QED) is 0.334. The van der Waals surface area contributed by atoms with Crippen molar-refractivity contribution in [2.45, 2.75) is 19.6 Å². The average molecular weight is 166 g/mol. The van der Waals surface area contributed by atoms with Crippen molar-refractivity contribution in [1.29, 1.82) is 0 Å². The number of hydrogen-bond donors (Lipinski definition) is 0. The van der Waals surface area contributed by atoms with E-state index in [2.05, 4.69) is 9.68 Å². The highest BCUT2D eigenvalue weighted by Crippen LogP contribution is 2.10. The molecule has 0 aromatic heterocycles. The van der Waals surface area contributed by atoms with Crippen LogP contribution in [-0.4, -0.2) is 16.0 Å². The minimum absolute atomic E-state index is 1.05. The van der Waals surface area contributed by atoms with Gasteiger partial charge in [-0.25, -0.2) is 0 Å². The maximum Gasteiger partial charge on any atom is 0.296 e. The van der Waals surface area contributed by atoms with Crippen LogP contribution in [0.25, 0.3) is 0 Å². The first-order valence-electron chi connectivity index (χ1n) is 2.50. The Morgan fingerprint density at radius 2 is 1.36 bits per heavy atom. The summed E-state index contributed by atoms with van der Waals surface area (Å²) >= 11 is 0. The molecule has 0 bridgehead atoms. The van der Waals surface area contributed by atoms with E-state index >= 15 is 0 Å². The van der Waals surface area contributed by atoms with Crippen molar-refractivity contribution in [2.24, 2.45) is 0 Å². The highest BCUT2D eigenvalue weighted by molar-refractivity contribution is 4.44. The van der Waals surface area contributed by atoms with Gasteiger partial charge < -0.3 is 0 Å². The lowest BCUT2D eigenvalue weighted by molar-refractivity contribution is -0.869. The first-order chi connectivity index (χ1) is 4.83. The predicted octanol–water partition coefficient (Wildman–Crippen LogP) is 0.139. The monoisotopic (exact) mass is 166 g/mol. The summed E-state index contributed by atoms with van der Waals surface area (Å²) < 4.78 is 0. The van der Waals surface area contributed by atoms with Gasteiger partial charge in [0.15, 0.2) is 0 Å². The van der Waals surface area contributed by atoms with E-state index in [0.717, 1.165) is 13.8 Å². The Kier molecular flexibility index (Phi) is 2.56. The van der Waals surface area contributed by atoms with Gasteiger partial charge in [-0.15, -0.1) is 20.2 Å². The van der Waals surface area contributed by atoms with E-state index < -0.39 is 16.0 Å². The molecule has 0 unspecified atom stereocenters. The van der Waals surface area contributed by atoms with Gasteiger partial charge in [-0.1, -0.05) is 0 Å². The van der Waals surface area contributed by atoms with E-state index in [0.29, 0.717) is 0 Å². The summed E-state index contributed by atoms with van der Waals surface area (Å²) in [6.07, 6.45) is 0. The minimum Gasteiger partial charge on any atom is -0.280 e. The third kappa shape index (κ3) is 4.88. The third-order valence-corrected chi connectivity index (χ3v) is 0.589. The molecule has 0 saturated heterocycles. The zero-order chi connectivity index (χ0) is 9.07. The highest BCUT2D eigenvalue weighted by atomic mass is 17.1. The number of nitrogens with zero attached hydrogens (tertiary/aromatic N) is 2. The normalized spacial score (nSPS) is 10.4. The molecule has 8 nitrogen and oxygen atoms in total. The average Bonchev–Trinajstić information content (AvgIpc) is 1.53. The summed E-state index contributed by atoms with van der Waals surface area (Å²) in [5.41, 5.74) is 0. The molecule has 8 heteroatoms. The van der Waals surface area contributed by atoms with Crippen molar-refractivity contribution in [3.8, 4) is 0 Å². The second-order valence-corrected chi connectivity index (χ2v) is 2.03. The van der Waals surface area contributed by atoms with Crippen LogP contribution >= 0.6 is 0 Å². The predicted molar refractivity (Wildman–Crippen MR) is 30.2 cm³/mol. The molecule has 0 amide bonds. The molecule has 0 radical (unpaired) electrons. The second kappa shape index (κ2) is 2.99. The van der Waals surface area contributed by atoms with E-state index in [1.165, 1.54) is 0 Å². The SMILES string of the molecule is CC(C)(O[N+](=O)[O-])O[N+](=O)[O-]. The zero-order valence-corrected chi connectivity index (χ0v) is 5.84. The zero-order valence-electron chi connectivity index (χ0n) is 5.84. The maximum absolute atomic E-state index is 9.68. The van der Waals surface area contributed by atoms with Gasteiger partial charge in [-0.2, -0.15) is 0 Å². The van der Waals surface area contributed by atoms with Crippen LogP contribution in [0.3, 0.4) is 0 Å². The topological polar surface area (TPSA) is 105 Å². The van der Waals surface area contributed by atoms with Crippen molar-refractivity contribution >= 4 is 0 Å². The minimum atomic E-state index is -1.85. The number of rotatable bonds is 4. The van der Waals surface area contributed by atoms with E-state index in [9.17, 15) is 20.2 Å². The van der Waals surface area contributed by atoms with Gasteiger partial charge in [0.1, 0.15) is 0 Å².